The van der Waals surface area contributed by atoms with Crippen LogP contribution in [0.5, 0.6) is 11.5 Å². The number of pyridine rings is 1. The highest BCUT2D eigenvalue weighted by Gasteiger charge is 2.42. The average Bonchev–Trinajstić information content (AvgIpc) is 3.53. The van der Waals surface area contributed by atoms with Crippen molar-refractivity contribution in [2.45, 2.75) is 44.9 Å². The predicted octanol–water partition coefficient (Wildman–Crippen LogP) is 5.39. The van der Waals surface area contributed by atoms with Gasteiger partial charge in [0.15, 0.2) is 11.5 Å². The maximum Gasteiger partial charge on any atom is 0.278 e. The molecular formula is C27H26ClFN6O2. The molecule has 10 heteroatoms. The van der Waals surface area contributed by atoms with E-state index in [1.807, 2.05) is 18.2 Å². The summed E-state index contributed by atoms with van der Waals surface area (Å²) < 4.78 is 27.2. The molecule has 0 aliphatic carbocycles. The van der Waals surface area contributed by atoms with Crippen LogP contribution < -0.4 is 9.47 Å². The summed E-state index contributed by atoms with van der Waals surface area (Å²) in [7, 11) is 0. The van der Waals surface area contributed by atoms with Gasteiger partial charge in [-0.25, -0.2) is 4.39 Å². The number of halogens is 2. The lowest BCUT2D eigenvalue weighted by molar-refractivity contribution is -0.0712. The van der Waals surface area contributed by atoms with Crippen molar-refractivity contribution in [1.82, 2.24) is 30.5 Å². The van der Waals surface area contributed by atoms with Crippen LogP contribution in [0.4, 0.5) is 4.39 Å². The Morgan fingerprint density at radius 1 is 1.16 bits per heavy atom. The van der Waals surface area contributed by atoms with E-state index in [0.717, 1.165) is 54.9 Å². The molecule has 8 nitrogen and oxygen atoms in total. The number of tetrazole rings is 1. The summed E-state index contributed by atoms with van der Waals surface area (Å²) in [5.41, 5.74) is 4.42. The van der Waals surface area contributed by atoms with Crippen LogP contribution in [0.25, 0.3) is 11.4 Å². The van der Waals surface area contributed by atoms with Crippen LogP contribution in [-0.2, 0) is 12.3 Å². The summed E-state index contributed by atoms with van der Waals surface area (Å²) >= 11 is 5.95. The first kappa shape index (κ1) is 23.8. The quantitative estimate of drug-likeness (QED) is 0.377. The second-order valence-electron chi connectivity index (χ2n) is 9.72. The molecule has 0 radical (unpaired) electrons. The summed E-state index contributed by atoms with van der Waals surface area (Å²) in [5, 5.41) is 14.5. The number of hydrogen-bond acceptors (Lipinski definition) is 7. The van der Waals surface area contributed by atoms with Gasteiger partial charge in [0.25, 0.3) is 5.79 Å². The number of rotatable bonds is 5. The topological polar surface area (TPSA) is 89.0 Å². The van der Waals surface area contributed by atoms with Crippen molar-refractivity contribution in [2.24, 2.45) is 0 Å². The van der Waals surface area contributed by atoms with E-state index in [1.165, 1.54) is 6.07 Å². The van der Waals surface area contributed by atoms with Crippen molar-refractivity contribution in [1.29, 1.82) is 0 Å². The van der Waals surface area contributed by atoms with Crippen LogP contribution in [0.2, 0.25) is 5.02 Å². The number of aromatic amines is 1. The number of nitrogens with one attached hydrogen (secondary N) is 1. The van der Waals surface area contributed by atoms with Crippen molar-refractivity contribution in [3.05, 3.63) is 81.9 Å². The van der Waals surface area contributed by atoms with Gasteiger partial charge in [-0.2, -0.15) is 5.21 Å². The van der Waals surface area contributed by atoms with Crippen LogP contribution in [0.15, 0.2) is 48.7 Å². The molecule has 2 aliphatic rings. The smallest absolute Gasteiger partial charge is 0.278 e. The molecule has 4 heterocycles. The number of aromatic nitrogens is 5. The molecular weight excluding hydrogens is 495 g/mol. The van der Waals surface area contributed by atoms with Gasteiger partial charge in [-0.1, -0.05) is 23.7 Å². The number of nitrogens with zero attached hydrogens (tertiary/aromatic N) is 5. The Kier molecular flexibility index (Phi) is 6.04. The molecule has 4 aromatic rings. The molecule has 0 spiro atoms. The number of benzene rings is 2. The van der Waals surface area contributed by atoms with Crippen molar-refractivity contribution in [3.63, 3.8) is 0 Å². The van der Waals surface area contributed by atoms with Crippen LogP contribution in [0.1, 0.15) is 48.1 Å². The SMILES string of the molecule is Cc1cc(-c2nn[nH]n2)cnc1CN1CCC(c2cccc3c2OC(C)(c2ccc(Cl)cc2F)O3)CC1. The van der Waals surface area contributed by atoms with Gasteiger partial charge in [0.1, 0.15) is 5.82 Å². The predicted molar refractivity (Wildman–Crippen MR) is 136 cm³/mol. The Bertz CT molecular complexity index is 1440. The lowest BCUT2D eigenvalue weighted by Gasteiger charge is -2.32. The second kappa shape index (κ2) is 9.39. The second-order valence-corrected chi connectivity index (χ2v) is 10.2. The van der Waals surface area contributed by atoms with Gasteiger partial charge in [-0.3, -0.25) is 9.88 Å². The average molecular weight is 521 g/mol. The molecule has 2 aliphatic heterocycles. The third kappa shape index (κ3) is 4.53. The highest BCUT2D eigenvalue weighted by Crippen LogP contribution is 2.49. The summed E-state index contributed by atoms with van der Waals surface area (Å²) in [4.78, 5) is 7.10. The molecule has 6 rings (SSSR count). The molecule has 0 saturated carbocycles. The molecule has 2 aromatic carbocycles. The lowest BCUT2D eigenvalue weighted by Crippen LogP contribution is -2.34. The van der Waals surface area contributed by atoms with Crippen LogP contribution in [0.3, 0.4) is 0 Å². The monoisotopic (exact) mass is 520 g/mol. The van der Waals surface area contributed by atoms with E-state index in [1.54, 1.807) is 25.3 Å². The van der Waals surface area contributed by atoms with Gasteiger partial charge in [0.2, 0.25) is 5.82 Å². The van der Waals surface area contributed by atoms with Crippen molar-refractivity contribution < 1.29 is 13.9 Å². The zero-order valence-corrected chi connectivity index (χ0v) is 21.3. The number of fused-ring (bicyclic) bond motifs is 1. The minimum Gasteiger partial charge on any atom is -0.444 e. The summed E-state index contributed by atoms with van der Waals surface area (Å²) in [6.07, 6.45) is 3.75. The van der Waals surface area contributed by atoms with Gasteiger partial charge >= 0.3 is 0 Å². The van der Waals surface area contributed by atoms with Gasteiger partial charge in [0, 0.05) is 35.8 Å². The van der Waals surface area contributed by atoms with Gasteiger partial charge in [-0.05, 0) is 79.9 Å². The Morgan fingerprint density at radius 2 is 2.00 bits per heavy atom. The Balaban J connectivity index is 1.14. The first-order chi connectivity index (χ1) is 17.9. The number of ether oxygens (including phenoxy) is 2. The van der Waals surface area contributed by atoms with Gasteiger partial charge < -0.3 is 9.47 Å². The molecule has 190 valence electrons. The Labute approximate surface area is 218 Å². The fourth-order valence-corrected chi connectivity index (χ4v) is 5.38. The highest BCUT2D eigenvalue weighted by atomic mass is 35.5. The molecule has 0 bridgehead atoms. The summed E-state index contributed by atoms with van der Waals surface area (Å²) in [6, 6.07) is 12.5. The lowest BCUT2D eigenvalue weighted by atomic mass is 9.88. The van der Waals surface area contributed by atoms with E-state index in [4.69, 9.17) is 21.1 Å². The molecule has 1 atom stereocenters. The normalized spacial score (nSPS) is 19.9. The first-order valence-electron chi connectivity index (χ1n) is 12.3. The van der Waals surface area contributed by atoms with Crippen molar-refractivity contribution in [3.8, 4) is 22.9 Å². The van der Waals surface area contributed by atoms with E-state index in [0.29, 0.717) is 33.8 Å². The van der Waals surface area contributed by atoms with Crippen LogP contribution in [0, 0.1) is 12.7 Å². The zero-order chi connectivity index (χ0) is 25.6. The van der Waals surface area contributed by atoms with Crippen LogP contribution in [-0.4, -0.2) is 43.6 Å². The summed E-state index contributed by atoms with van der Waals surface area (Å²) in [5.74, 6) is 0.504. The minimum absolute atomic E-state index is 0.321. The van der Waals surface area contributed by atoms with E-state index < -0.39 is 11.6 Å². The number of hydrogen-bond donors (Lipinski definition) is 1. The number of likely N-dealkylation sites (tertiary alicyclic amines) is 1. The molecule has 2 aromatic heterocycles. The molecule has 0 amide bonds. The molecule has 1 unspecified atom stereocenters. The largest absolute Gasteiger partial charge is 0.444 e. The van der Waals surface area contributed by atoms with E-state index in [9.17, 15) is 4.39 Å². The third-order valence-electron chi connectivity index (χ3n) is 7.22. The molecule has 1 saturated heterocycles. The number of H-pyrrole nitrogens is 1. The highest BCUT2D eigenvalue weighted by molar-refractivity contribution is 6.30. The third-order valence-corrected chi connectivity index (χ3v) is 7.46. The number of aryl methyl sites for hydroxylation is 1. The Morgan fingerprint density at radius 3 is 2.73 bits per heavy atom. The number of piperidine rings is 1. The molecule has 37 heavy (non-hydrogen) atoms. The summed E-state index contributed by atoms with van der Waals surface area (Å²) in [6.45, 7) is 6.46. The fraction of sp³-hybridized carbons (Fsp3) is 0.333. The van der Waals surface area contributed by atoms with Crippen molar-refractivity contribution in [2.75, 3.05) is 13.1 Å². The molecule has 1 fully saturated rings. The zero-order valence-electron chi connectivity index (χ0n) is 20.5. The fourth-order valence-electron chi connectivity index (χ4n) is 5.23. The maximum atomic E-state index is 14.7. The van der Waals surface area contributed by atoms with E-state index >= 15 is 0 Å². The molecule has 1 N–H and O–H groups in total. The maximum absolute atomic E-state index is 14.7. The van der Waals surface area contributed by atoms with Crippen molar-refractivity contribution >= 4 is 11.6 Å². The first-order valence-corrected chi connectivity index (χ1v) is 12.7. The number of para-hydroxylation sites is 1. The van der Waals surface area contributed by atoms with Gasteiger partial charge in [0.05, 0.1) is 11.3 Å². The minimum atomic E-state index is -1.25. The van der Waals surface area contributed by atoms with Crippen LogP contribution >= 0.6 is 11.6 Å². The Hall–Kier alpha value is -3.56. The van der Waals surface area contributed by atoms with E-state index in [2.05, 4.69) is 43.5 Å². The standard InChI is InChI=1S/C27H26ClFN6O2/c1-16-12-18(26-31-33-34-32-26)14-30-23(16)15-35-10-8-17(9-11-35)20-4-3-5-24-25(20)37-27(2,36-24)21-7-6-19(28)13-22(21)29/h3-7,12-14,17H,8-11,15H2,1-2H3,(H,31,32,33,34). The van der Waals surface area contributed by atoms with E-state index in [-0.39, 0.29) is 0 Å². The van der Waals surface area contributed by atoms with Gasteiger partial charge in [-0.15, -0.1) is 10.2 Å².